The molecule has 0 saturated heterocycles. The molecule has 342 valence electrons. The molecule has 2 heterocycles. The summed E-state index contributed by atoms with van der Waals surface area (Å²) in [4.78, 5) is 22.2. The molecule has 23 heteroatoms. The second kappa shape index (κ2) is 16.9. The Hall–Kier alpha value is -5.27. The van der Waals surface area contributed by atoms with Crippen LogP contribution < -0.4 is 15.8 Å². The fourth-order valence-electron chi connectivity index (χ4n) is 7.45. The SMILES string of the molecule is CC(C)(C#Cc1ccc(-c2ccc(Cl)c3c(NS(=O)(=O)C4CC4)nn(CC(F)F)c23)c([C@H](Cc2cc(F)cc(F)c2)NC(=O)CN=C2C(=C(N)C(F)F)C3C[C@H]3C2(F)F)n1)S(C)(=O)=O. The fourth-order valence-corrected chi connectivity index (χ4v) is 9.26. The molecule has 64 heavy (non-hydrogen) atoms. The van der Waals surface area contributed by atoms with Gasteiger partial charge in [0.25, 0.3) is 18.8 Å². The van der Waals surface area contributed by atoms with E-state index in [1.807, 2.05) is 0 Å². The van der Waals surface area contributed by atoms with Crippen molar-refractivity contribution >= 4 is 59.8 Å². The van der Waals surface area contributed by atoms with Crippen LogP contribution in [0.15, 0.2) is 58.7 Å². The van der Waals surface area contributed by atoms with E-state index in [4.69, 9.17) is 17.3 Å². The normalized spacial score (nSPS) is 20.3. The second-order valence-corrected chi connectivity index (χ2v) is 21.2. The summed E-state index contributed by atoms with van der Waals surface area (Å²) in [5, 5.41) is 5.73. The number of pyridine rings is 1. The number of sulfone groups is 1. The van der Waals surface area contributed by atoms with Crippen molar-refractivity contribution in [3.05, 3.63) is 87.3 Å². The number of hydrogen-bond donors (Lipinski definition) is 3. The average molecular weight is 960 g/mol. The maximum atomic E-state index is 15.3. The number of rotatable bonds is 14. The van der Waals surface area contributed by atoms with Crippen molar-refractivity contribution < 1.29 is 56.8 Å². The van der Waals surface area contributed by atoms with E-state index in [2.05, 4.69) is 37.0 Å². The van der Waals surface area contributed by atoms with Crippen LogP contribution in [0.1, 0.15) is 56.1 Å². The van der Waals surface area contributed by atoms with Gasteiger partial charge in [-0.15, -0.1) is 0 Å². The lowest BCUT2D eigenvalue weighted by molar-refractivity contribution is -0.120. The number of halogens is 9. The molecule has 4 aromatic rings. The lowest BCUT2D eigenvalue weighted by atomic mass is 9.93. The Morgan fingerprint density at radius 3 is 2.31 bits per heavy atom. The van der Waals surface area contributed by atoms with E-state index in [0.29, 0.717) is 18.9 Å². The van der Waals surface area contributed by atoms with Gasteiger partial charge in [-0.05, 0) is 87.3 Å². The third-order valence-corrected chi connectivity index (χ3v) is 15.2. The molecule has 3 aliphatic rings. The molecule has 2 aromatic heterocycles. The molecule has 1 unspecified atom stereocenters. The monoisotopic (exact) mass is 959 g/mol. The Labute approximate surface area is 366 Å². The summed E-state index contributed by atoms with van der Waals surface area (Å²) in [5.74, 6) is -4.33. The molecule has 0 spiro atoms. The van der Waals surface area contributed by atoms with Gasteiger partial charge in [-0.2, -0.15) is 13.9 Å². The standard InChI is InChI=1S/C41H38ClF8N7O5S2/c1-40(2,63(3,59)60)11-10-22-4-7-24(25-8-9-28(42)33-36(25)57(18-30(45)46)55-39(33)56-64(61,62)23-5-6-23)35(53-22)29(14-19-12-20(43)15-21(44)13-19)54-31(58)17-52-37-32(34(51)38(47)48)26-16-27(26)41(37,49)50/h4,7-9,12-13,15,23,26-27,29-30,38H,5-6,14,16-18,51H2,1-3H3,(H,54,58)(H,55,56)/t26?,27-,29+/m1/s1. The Morgan fingerprint density at radius 2 is 1.70 bits per heavy atom. The van der Waals surface area contributed by atoms with Gasteiger partial charge in [-0.25, -0.2) is 48.2 Å². The number of amides is 1. The predicted octanol–water partition coefficient (Wildman–Crippen LogP) is 6.98. The van der Waals surface area contributed by atoms with Gasteiger partial charge in [0.15, 0.2) is 15.7 Å². The van der Waals surface area contributed by atoms with E-state index < -0.39 is 121 Å². The number of anilines is 1. The molecule has 0 bridgehead atoms. The highest BCUT2D eigenvalue weighted by Gasteiger charge is 2.67. The lowest BCUT2D eigenvalue weighted by Gasteiger charge is -2.23. The Kier molecular flexibility index (Phi) is 12.4. The van der Waals surface area contributed by atoms with Crippen LogP contribution in [0.2, 0.25) is 5.02 Å². The minimum atomic E-state index is -4.04. The average Bonchev–Trinajstić information content (AvgIpc) is 4.11. The molecule has 3 atom stereocenters. The first-order valence-electron chi connectivity index (χ1n) is 19.5. The number of sulfonamides is 1. The molecule has 3 fully saturated rings. The Balaban J connectivity index is 1.42. The van der Waals surface area contributed by atoms with Crippen molar-refractivity contribution in [3.8, 4) is 23.0 Å². The van der Waals surface area contributed by atoms with Gasteiger partial charge in [0.2, 0.25) is 15.9 Å². The summed E-state index contributed by atoms with van der Waals surface area (Å²) < 4.78 is 168. The fraction of sp³-hybridized carbons (Fsp3) is 0.415. The number of carbonyl (C=O) groups is 1. The van der Waals surface area contributed by atoms with E-state index in [1.165, 1.54) is 38.1 Å². The number of fused-ring (bicyclic) bond motifs is 2. The molecule has 4 N–H and O–H groups in total. The molecule has 0 radical (unpaired) electrons. The zero-order valence-electron chi connectivity index (χ0n) is 33.9. The largest absolute Gasteiger partial charge is 0.397 e. The van der Waals surface area contributed by atoms with Crippen molar-refractivity contribution in [2.45, 2.75) is 80.9 Å². The Bertz CT molecular complexity index is 2910. The third kappa shape index (κ3) is 9.42. The third-order valence-electron chi connectivity index (χ3n) is 11.1. The van der Waals surface area contributed by atoms with Gasteiger partial charge in [0.1, 0.15) is 40.9 Å². The number of aromatic nitrogens is 3. The highest BCUT2D eigenvalue weighted by Crippen LogP contribution is 2.62. The van der Waals surface area contributed by atoms with Crippen molar-refractivity contribution in [3.63, 3.8) is 0 Å². The topological polar surface area (TPSA) is 178 Å². The predicted molar refractivity (Wildman–Crippen MR) is 222 cm³/mol. The first-order valence-corrected chi connectivity index (χ1v) is 23.3. The number of allylic oxidation sites excluding steroid dienone is 2. The molecule has 3 saturated carbocycles. The van der Waals surface area contributed by atoms with Crippen LogP contribution in [0.3, 0.4) is 0 Å². The van der Waals surface area contributed by atoms with Gasteiger partial charge in [0, 0.05) is 34.9 Å². The minimum Gasteiger partial charge on any atom is -0.397 e. The summed E-state index contributed by atoms with van der Waals surface area (Å²) in [6, 6.07) is 6.23. The van der Waals surface area contributed by atoms with E-state index in [1.54, 1.807) is 0 Å². The summed E-state index contributed by atoms with van der Waals surface area (Å²) >= 11 is 6.61. The summed E-state index contributed by atoms with van der Waals surface area (Å²) in [6.45, 7) is 0.477. The van der Waals surface area contributed by atoms with E-state index in [9.17, 15) is 48.0 Å². The van der Waals surface area contributed by atoms with Crippen LogP contribution in [0.25, 0.3) is 22.0 Å². The van der Waals surface area contributed by atoms with Crippen LogP contribution in [0.5, 0.6) is 0 Å². The van der Waals surface area contributed by atoms with Gasteiger partial charge >= 0.3 is 0 Å². The van der Waals surface area contributed by atoms with Gasteiger partial charge in [-0.3, -0.25) is 19.2 Å². The van der Waals surface area contributed by atoms with E-state index >= 15 is 8.78 Å². The van der Waals surface area contributed by atoms with Gasteiger partial charge < -0.3 is 11.1 Å². The Morgan fingerprint density at radius 1 is 1.05 bits per heavy atom. The molecular weight excluding hydrogens is 922 g/mol. The van der Waals surface area contributed by atoms with Crippen LogP contribution in [0, 0.1) is 35.3 Å². The van der Waals surface area contributed by atoms with Crippen molar-refractivity contribution in [1.82, 2.24) is 20.1 Å². The quantitative estimate of drug-likeness (QED) is 0.0896. The van der Waals surface area contributed by atoms with Gasteiger partial charge in [-0.1, -0.05) is 23.6 Å². The maximum Gasteiger partial charge on any atom is 0.292 e. The zero-order valence-corrected chi connectivity index (χ0v) is 36.3. The number of benzene rings is 2. The summed E-state index contributed by atoms with van der Waals surface area (Å²) in [5.41, 5.74) is 2.21. The number of nitrogens with two attached hydrogens (primary N) is 1. The zero-order chi connectivity index (χ0) is 46.8. The number of nitrogens with one attached hydrogen (secondary N) is 2. The molecule has 7 rings (SSSR count). The highest BCUT2D eigenvalue weighted by atomic mass is 35.5. The highest BCUT2D eigenvalue weighted by molar-refractivity contribution is 7.93. The minimum absolute atomic E-state index is 0.00700. The van der Waals surface area contributed by atoms with Crippen molar-refractivity contribution in [1.29, 1.82) is 0 Å². The number of carbonyl (C=O) groups excluding carboxylic acids is 1. The van der Waals surface area contributed by atoms with Crippen molar-refractivity contribution in [2.75, 3.05) is 17.5 Å². The van der Waals surface area contributed by atoms with Crippen molar-refractivity contribution in [2.24, 2.45) is 22.6 Å². The summed E-state index contributed by atoms with van der Waals surface area (Å²) in [6.07, 6.45) is -5.33. The number of aliphatic imine (C=N–C) groups is 1. The van der Waals surface area contributed by atoms with Crippen LogP contribution in [-0.4, -0.2) is 84.8 Å². The smallest absolute Gasteiger partial charge is 0.292 e. The molecule has 12 nitrogen and oxygen atoms in total. The molecule has 0 aliphatic heterocycles. The first kappa shape index (κ1) is 46.7. The molecule has 3 aliphatic carbocycles. The van der Waals surface area contributed by atoms with E-state index in [0.717, 1.165) is 23.1 Å². The van der Waals surface area contributed by atoms with Gasteiger partial charge in [0.05, 0.1) is 38.6 Å². The van der Waals surface area contributed by atoms with Crippen LogP contribution in [0.4, 0.5) is 40.9 Å². The molecule has 2 aromatic carbocycles. The summed E-state index contributed by atoms with van der Waals surface area (Å²) in [7, 11) is -7.83. The van der Waals surface area contributed by atoms with E-state index in [-0.39, 0.29) is 56.2 Å². The number of hydrogen-bond acceptors (Lipinski definition) is 9. The first-order chi connectivity index (χ1) is 29.8. The van der Waals surface area contributed by atoms with Crippen LogP contribution in [-0.2, 0) is 37.6 Å². The number of nitrogens with zero attached hydrogens (tertiary/aromatic N) is 4. The molecular formula is C41H38ClF8N7O5S2. The maximum absolute atomic E-state index is 15.3. The van der Waals surface area contributed by atoms with Crippen LogP contribution >= 0.6 is 11.6 Å². The lowest BCUT2D eigenvalue weighted by Crippen LogP contribution is -2.35. The second-order valence-electron chi connectivity index (χ2n) is 16.3. The number of alkyl halides is 6. The molecule has 1 amide bonds.